The van der Waals surface area contributed by atoms with Crippen LogP contribution in [0.2, 0.25) is 0 Å². The van der Waals surface area contributed by atoms with Gasteiger partial charge in [-0.05, 0) is 31.4 Å². The van der Waals surface area contributed by atoms with Crippen LogP contribution in [-0.2, 0) is 11.2 Å². The first kappa shape index (κ1) is 14.0. The maximum atomic E-state index is 11.8. The average Bonchev–Trinajstić information content (AvgIpc) is 2.40. The predicted molar refractivity (Wildman–Crippen MR) is 76.8 cm³/mol. The zero-order chi connectivity index (χ0) is 13.5. The largest absolute Gasteiger partial charge is 0.355 e. The van der Waals surface area contributed by atoms with Crippen molar-refractivity contribution in [1.82, 2.24) is 10.2 Å². The highest BCUT2D eigenvalue weighted by Gasteiger charge is 2.18. The van der Waals surface area contributed by atoms with Gasteiger partial charge in [0.1, 0.15) is 0 Å². The Morgan fingerprint density at radius 2 is 2.16 bits per heavy atom. The zero-order valence-corrected chi connectivity index (χ0v) is 11.3. The summed E-state index contributed by atoms with van der Waals surface area (Å²) in [4.78, 5) is 14.0. The number of hydrogen-bond donors (Lipinski definition) is 2. The number of benzene rings is 1. The quantitative estimate of drug-likeness (QED) is 0.823. The number of piperidine rings is 1. The van der Waals surface area contributed by atoms with Crippen LogP contribution >= 0.6 is 0 Å². The third kappa shape index (κ3) is 5.01. The van der Waals surface area contributed by atoms with Crippen LogP contribution in [-0.4, -0.2) is 43.0 Å². The molecule has 3 N–H and O–H groups in total. The van der Waals surface area contributed by atoms with Crippen molar-refractivity contribution in [3.63, 3.8) is 0 Å². The third-order valence-corrected chi connectivity index (χ3v) is 3.49. The van der Waals surface area contributed by atoms with Gasteiger partial charge in [-0.2, -0.15) is 0 Å². The summed E-state index contributed by atoms with van der Waals surface area (Å²) in [5, 5.41) is 2.97. The van der Waals surface area contributed by atoms with Crippen molar-refractivity contribution in [3.05, 3.63) is 35.9 Å². The lowest BCUT2D eigenvalue weighted by Crippen LogP contribution is -2.47. The molecule has 1 atom stereocenters. The number of carbonyl (C=O) groups excluding carboxylic acids is 1. The molecule has 1 aromatic carbocycles. The molecule has 0 aliphatic carbocycles. The molecule has 1 amide bonds. The SMILES string of the molecule is N[C@@H]1CCCN(CC(=O)NCCc2ccccc2)C1. The van der Waals surface area contributed by atoms with Crippen LogP contribution in [0.25, 0.3) is 0 Å². The molecule has 2 rings (SSSR count). The molecule has 0 saturated carbocycles. The molecule has 0 spiro atoms. The van der Waals surface area contributed by atoms with Crippen LogP contribution in [0, 0.1) is 0 Å². The fourth-order valence-electron chi connectivity index (χ4n) is 2.48. The second-order valence-electron chi connectivity index (χ2n) is 5.22. The van der Waals surface area contributed by atoms with Crippen LogP contribution < -0.4 is 11.1 Å². The Balaban J connectivity index is 1.64. The van der Waals surface area contributed by atoms with E-state index in [0.29, 0.717) is 13.1 Å². The van der Waals surface area contributed by atoms with Gasteiger partial charge < -0.3 is 11.1 Å². The number of hydrogen-bond acceptors (Lipinski definition) is 3. The maximum Gasteiger partial charge on any atom is 0.234 e. The first-order valence-electron chi connectivity index (χ1n) is 7.02. The molecular weight excluding hydrogens is 238 g/mol. The van der Waals surface area contributed by atoms with Gasteiger partial charge in [0.25, 0.3) is 0 Å². The van der Waals surface area contributed by atoms with Crippen molar-refractivity contribution < 1.29 is 4.79 Å². The number of rotatable bonds is 5. The van der Waals surface area contributed by atoms with E-state index in [4.69, 9.17) is 5.73 Å². The van der Waals surface area contributed by atoms with Gasteiger partial charge in [0.15, 0.2) is 0 Å². The second kappa shape index (κ2) is 7.26. The summed E-state index contributed by atoms with van der Waals surface area (Å²) in [5.74, 6) is 0.102. The second-order valence-corrected chi connectivity index (χ2v) is 5.22. The summed E-state index contributed by atoms with van der Waals surface area (Å²) in [5.41, 5.74) is 7.16. The number of likely N-dealkylation sites (tertiary alicyclic amines) is 1. The molecule has 0 radical (unpaired) electrons. The van der Waals surface area contributed by atoms with Crippen molar-refractivity contribution in [1.29, 1.82) is 0 Å². The van der Waals surface area contributed by atoms with Crippen LogP contribution in [0.15, 0.2) is 30.3 Å². The van der Waals surface area contributed by atoms with Crippen LogP contribution in [0.5, 0.6) is 0 Å². The highest BCUT2D eigenvalue weighted by molar-refractivity contribution is 5.78. The monoisotopic (exact) mass is 261 g/mol. The Morgan fingerprint density at radius 1 is 1.37 bits per heavy atom. The molecule has 1 saturated heterocycles. The lowest BCUT2D eigenvalue weighted by molar-refractivity contribution is -0.122. The number of carbonyl (C=O) groups is 1. The molecule has 104 valence electrons. The molecule has 4 nitrogen and oxygen atoms in total. The molecule has 1 aliphatic rings. The van der Waals surface area contributed by atoms with Crippen molar-refractivity contribution in [2.75, 3.05) is 26.2 Å². The summed E-state index contributed by atoms with van der Waals surface area (Å²) in [7, 11) is 0. The van der Waals surface area contributed by atoms with Gasteiger partial charge in [-0.1, -0.05) is 30.3 Å². The summed E-state index contributed by atoms with van der Waals surface area (Å²) in [6.45, 7) is 3.00. The van der Waals surface area contributed by atoms with Crippen molar-refractivity contribution in [2.45, 2.75) is 25.3 Å². The van der Waals surface area contributed by atoms with E-state index in [9.17, 15) is 4.79 Å². The fourth-order valence-corrected chi connectivity index (χ4v) is 2.48. The third-order valence-electron chi connectivity index (χ3n) is 3.49. The molecule has 1 heterocycles. The van der Waals surface area contributed by atoms with Gasteiger partial charge >= 0.3 is 0 Å². The van der Waals surface area contributed by atoms with Crippen molar-refractivity contribution in [2.24, 2.45) is 5.73 Å². The van der Waals surface area contributed by atoms with E-state index >= 15 is 0 Å². The standard InChI is InChI=1S/C15H23N3O/c16-14-7-4-10-18(11-14)12-15(19)17-9-8-13-5-2-1-3-6-13/h1-3,5-6,14H,4,7-12,16H2,(H,17,19)/t14-/m1/s1. The Kier molecular flexibility index (Phi) is 5.36. The minimum atomic E-state index is 0.102. The molecular formula is C15H23N3O. The highest BCUT2D eigenvalue weighted by Crippen LogP contribution is 2.07. The first-order chi connectivity index (χ1) is 9.24. The molecule has 0 bridgehead atoms. The van der Waals surface area contributed by atoms with Crippen LogP contribution in [0.3, 0.4) is 0 Å². The lowest BCUT2D eigenvalue weighted by Gasteiger charge is -2.29. The summed E-state index contributed by atoms with van der Waals surface area (Å²) in [6, 6.07) is 10.4. The van der Waals surface area contributed by atoms with Crippen LogP contribution in [0.4, 0.5) is 0 Å². The van der Waals surface area contributed by atoms with E-state index in [2.05, 4.69) is 22.3 Å². The zero-order valence-electron chi connectivity index (χ0n) is 11.3. The first-order valence-corrected chi connectivity index (χ1v) is 7.02. The number of nitrogens with zero attached hydrogens (tertiary/aromatic N) is 1. The fraction of sp³-hybridized carbons (Fsp3) is 0.533. The minimum Gasteiger partial charge on any atom is -0.355 e. The van der Waals surface area contributed by atoms with E-state index in [1.165, 1.54) is 5.56 Å². The van der Waals surface area contributed by atoms with Gasteiger partial charge in [0.05, 0.1) is 6.54 Å². The minimum absolute atomic E-state index is 0.102. The van der Waals surface area contributed by atoms with Gasteiger partial charge in [-0.15, -0.1) is 0 Å². The van der Waals surface area contributed by atoms with Crippen molar-refractivity contribution in [3.8, 4) is 0 Å². The Morgan fingerprint density at radius 3 is 2.89 bits per heavy atom. The molecule has 1 fully saturated rings. The average molecular weight is 261 g/mol. The molecule has 0 aromatic heterocycles. The molecule has 0 unspecified atom stereocenters. The highest BCUT2D eigenvalue weighted by atomic mass is 16.2. The molecule has 4 heteroatoms. The van der Waals surface area contributed by atoms with Gasteiger partial charge in [0, 0.05) is 19.1 Å². The summed E-state index contributed by atoms with van der Waals surface area (Å²) >= 11 is 0. The number of nitrogens with one attached hydrogen (secondary N) is 1. The topological polar surface area (TPSA) is 58.4 Å². The lowest BCUT2D eigenvalue weighted by atomic mass is 10.1. The van der Waals surface area contributed by atoms with Gasteiger partial charge in [-0.25, -0.2) is 0 Å². The molecule has 19 heavy (non-hydrogen) atoms. The van der Waals surface area contributed by atoms with Gasteiger partial charge in [0.2, 0.25) is 5.91 Å². The number of amides is 1. The van der Waals surface area contributed by atoms with E-state index in [1.807, 2.05) is 18.2 Å². The Bertz CT molecular complexity index is 394. The Labute approximate surface area is 115 Å². The molecule has 1 aromatic rings. The number of nitrogens with two attached hydrogens (primary N) is 1. The van der Waals surface area contributed by atoms with Gasteiger partial charge in [-0.3, -0.25) is 9.69 Å². The smallest absolute Gasteiger partial charge is 0.234 e. The normalized spacial score (nSPS) is 20.2. The Hall–Kier alpha value is -1.39. The summed E-state index contributed by atoms with van der Waals surface area (Å²) in [6.07, 6.45) is 3.05. The predicted octanol–water partition coefficient (Wildman–Crippen LogP) is 0.768. The maximum absolute atomic E-state index is 11.8. The van der Waals surface area contributed by atoms with Crippen LogP contribution in [0.1, 0.15) is 18.4 Å². The molecule has 1 aliphatic heterocycles. The van der Waals surface area contributed by atoms with E-state index in [0.717, 1.165) is 32.4 Å². The van der Waals surface area contributed by atoms with E-state index in [-0.39, 0.29) is 11.9 Å². The van der Waals surface area contributed by atoms with E-state index < -0.39 is 0 Å². The summed E-state index contributed by atoms with van der Waals surface area (Å²) < 4.78 is 0. The van der Waals surface area contributed by atoms with Crippen molar-refractivity contribution >= 4 is 5.91 Å². The van der Waals surface area contributed by atoms with E-state index in [1.54, 1.807) is 0 Å².